The predicted octanol–water partition coefficient (Wildman–Crippen LogP) is 1.66. The molecule has 0 aromatic rings. The fourth-order valence-electron chi connectivity index (χ4n) is 1.78. The van der Waals surface area contributed by atoms with Crippen molar-refractivity contribution < 1.29 is 14.6 Å². The van der Waals surface area contributed by atoms with Crippen LogP contribution >= 0.6 is 0 Å². The lowest BCUT2D eigenvalue weighted by Gasteiger charge is -2.33. The fraction of sp³-hybridized carbons (Fsp3) is 0.727. The zero-order valence-corrected chi connectivity index (χ0v) is 9.26. The number of methoxy groups -OCH3 is 1. The lowest BCUT2D eigenvalue weighted by Crippen LogP contribution is -2.37. The van der Waals surface area contributed by atoms with Crippen molar-refractivity contribution in [3.8, 4) is 0 Å². The van der Waals surface area contributed by atoms with Crippen molar-refractivity contribution in [1.29, 1.82) is 0 Å². The SMILES string of the molecule is COC(=O)/C=C1\CCC(C)(C)C1(C)O. The molecule has 0 aliphatic heterocycles. The molecule has 0 spiro atoms. The monoisotopic (exact) mass is 198 g/mol. The summed E-state index contributed by atoms with van der Waals surface area (Å²) in [6.45, 7) is 5.77. The maximum absolute atomic E-state index is 11.1. The van der Waals surface area contributed by atoms with Crippen molar-refractivity contribution in [2.24, 2.45) is 5.41 Å². The van der Waals surface area contributed by atoms with E-state index in [-0.39, 0.29) is 5.41 Å². The highest BCUT2D eigenvalue weighted by Crippen LogP contribution is 2.48. The van der Waals surface area contributed by atoms with Crippen molar-refractivity contribution in [2.45, 2.75) is 39.2 Å². The summed E-state index contributed by atoms with van der Waals surface area (Å²) in [7, 11) is 1.34. The lowest BCUT2D eigenvalue weighted by atomic mass is 9.78. The first-order valence-corrected chi connectivity index (χ1v) is 4.82. The molecule has 1 rings (SSSR count). The zero-order chi connectivity index (χ0) is 11.0. The molecule has 0 saturated heterocycles. The number of carbonyl (C=O) groups is 1. The predicted molar refractivity (Wildman–Crippen MR) is 53.7 cm³/mol. The Morgan fingerprint density at radius 3 is 2.43 bits per heavy atom. The molecule has 1 aliphatic carbocycles. The molecule has 0 aromatic carbocycles. The first kappa shape index (κ1) is 11.2. The van der Waals surface area contributed by atoms with Crippen molar-refractivity contribution in [3.63, 3.8) is 0 Å². The van der Waals surface area contributed by atoms with E-state index in [1.807, 2.05) is 13.8 Å². The molecule has 0 aromatic heterocycles. The van der Waals surface area contributed by atoms with Gasteiger partial charge in [-0.2, -0.15) is 0 Å². The van der Waals surface area contributed by atoms with Gasteiger partial charge in [0.05, 0.1) is 12.7 Å². The topological polar surface area (TPSA) is 46.5 Å². The van der Waals surface area contributed by atoms with E-state index in [4.69, 9.17) is 0 Å². The summed E-state index contributed by atoms with van der Waals surface area (Å²) < 4.78 is 4.55. The third-order valence-corrected chi connectivity index (χ3v) is 3.46. The molecule has 1 fully saturated rings. The van der Waals surface area contributed by atoms with E-state index in [9.17, 15) is 9.90 Å². The van der Waals surface area contributed by atoms with Crippen LogP contribution < -0.4 is 0 Å². The average Bonchev–Trinajstić information content (AvgIpc) is 2.28. The van der Waals surface area contributed by atoms with Crippen LogP contribution in [0.2, 0.25) is 0 Å². The van der Waals surface area contributed by atoms with Crippen LogP contribution in [-0.2, 0) is 9.53 Å². The standard InChI is InChI=1S/C11H18O3/c1-10(2)6-5-8(11(10,3)13)7-9(12)14-4/h7,13H,5-6H2,1-4H3/b8-7+. The molecule has 1 atom stereocenters. The van der Waals surface area contributed by atoms with Crippen LogP contribution in [0.3, 0.4) is 0 Å². The Morgan fingerprint density at radius 2 is 2.07 bits per heavy atom. The van der Waals surface area contributed by atoms with Gasteiger partial charge in [-0.05, 0) is 30.8 Å². The summed E-state index contributed by atoms with van der Waals surface area (Å²) in [5, 5.41) is 10.3. The number of aliphatic hydroxyl groups is 1. The molecule has 3 nitrogen and oxygen atoms in total. The molecular formula is C11H18O3. The lowest BCUT2D eigenvalue weighted by molar-refractivity contribution is -0.135. The van der Waals surface area contributed by atoms with Gasteiger partial charge < -0.3 is 9.84 Å². The molecule has 0 heterocycles. The van der Waals surface area contributed by atoms with Gasteiger partial charge >= 0.3 is 5.97 Å². The quantitative estimate of drug-likeness (QED) is 0.515. The van der Waals surface area contributed by atoms with E-state index in [1.54, 1.807) is 6.92 Å². The van der Waals surface area contributed by atoms with E-state index in [2.05, 4.69) is 4.74 Å². The molecule has 14 heavy (non-hydrogen) atoms. The number of rotatable bonds is 1. The maximum atomic E-state index is 11.1. The van der Waals surface area contributed by atoms with Crippen LogP contribution in [0.5, 0.6) is 0 Å². The molecule has 0 amide bonds. The van der Waals surface area contributed by atoms with Gasteiger partial charge in [0.2, 0.25) is 0 Å². The Labute approximate surface area is 84.8 Å². The normalized spacial score (nSPS) is 33.4. The van der Waals surface area contributed by atoms with Crippen LogP contribution in [0.25, 0.3) is 0 Å². The second-order valence-electron chi connectivity index (χ2n) is 4.65. The Morgan fingerprint density at radius 1 is 1.50 bits per heavy atom. The van der Waals surface area contributed by atoms with Crippen molar-refractivity contribution in [3.05, 3.63) is 11.6 Å². The van der Waals surface area contributed by atoms with Gasteiger partial charge in [0.1, 0.15) is 0 Å². The highest BCUT2D eigenvalue weighted by molar-refractivity contribution is 5.83. The first-order valence-electron chi connectivity index (χ1n) is 4.82. The molecule has 80 valence electrons. The van der Waals surface area contributed by atoms with E-state index in [1.165, 1.54) is 13.2 Å². The summed E-state index contributed by atoms with van der Waals surface area (Å²) >= 11 is 0. The van der Waals surface area contributed by atoms with Crippen LogP contribution in [-0.4, -0.2) is 23.8 Å². The highest BCUT2D eigenvalue weighted by Gasteiger charge is 2.47. The Balaban J connectivity index is 2.95. The van der Waals surface area contributed by atoms with E-state index in [0.29, 0.717) is 0 Å². The summed E-state index contributed by atoms with van der Waals surface area (Å²) in [6, 6.07) is 0. The van der Waals surface area contributed by atoms with Gasteiger partial charge in [-0.1, -0.05) is 13.8 Å². The fourth-order valence-corrected chi connectivity index (χ4v) is 1.78. The Bertz CT molecular complexity index is 274. The second-order valence-corrected chi connectivity index (χ2v) is 4.65. The number of hydrogen-bond acceptors (Lipinski definition) is 3. The molecular weight excluding hydrogens is 180 g/mol. The number of carbonyl (C=O) groups excluding carboxylic acids is 1. The minimum Gasteiger partial charge on any atom is -0.466 e. The molecule has 3 heteroatoms. The third-order valence-electron chi connectivity index (χ3n) is 3.46. The summed E-state index contributed by atoms with van der Waals surface area (Å²) in [5.74, 6) is -0.391. The molecule has 0 bridgehead atoms. The summed E-state index contributed by atoms with van der Waals surface area (Å²) in [5.41, 5.74) is -0.303. The van der Waals surface area contributed by atoms with Gasteiger partial charge in [-0.3, -0.25) is 0 Å². The molecule has 1 N–H and O–H groups in total. The second kappa shape index (κ2) is 3.39. The number of hydrogen-bond donors (Lipinski definition) is 1. The Hall–Kier alpha value is -0.830. The number of esters is 1. The van der Waals surface area contributed by atoms with E-state index < -0.39 is 11.6 Å². The maximum Gasteiger partial charge on any atom is 0.330 e. The summed E-state index contributed by atoms with van der Waals surface area (Å²) in [4.78, 5) is 11.1. The Kier molecular flexibility index (Phi) is 2.72. The average molecular weight is 198 g/mol. The molecule has 0 radical (unpaired) electrons. The third kappa shape index (κ3) is 1.69. The van der Waals surface area contributed by atoms with Gasteiger partial charge in [-0.15, -0.1) is 0 Å². The van der Waals surface area contributed by atoms with Crippen molar-refractivity contribution >= 4 is 5.97 Å². The van der Waals surface area contributed by atoms with E-state index in [0.717, 1.165) is 18.4 Å². The van der Waals surface area contributed by atoms with E-state index >= 15 is 0 Å². The largest absolute Gasteiger partial charge is 0.466 e. The highest BCUT2D eigenvalue weighted by atomic mass is 16.5. The van der Waals surface area contributed by atoms with Gasteiger partial charge in [-0.25, -0.2) is 4.79 Å². The van der Waals surface area contributed by atoms with Crippen molar-refractivity contribution in [2.75, 3.05) is 7.11 Å². The van der Waals surface area contributed by atoms with Crippen molar-refractivity contribution in [1.82, 2.24) is 0 Å². The van der Waals surface area contributed by atoms with Crippen LogP contribution in [0.4, 0.5) is 0 Å². The molecule has 1 saturated carbocycles. The number of ether oxygens (including phenoxy) is 1. The van der Waals surface area contributed by atoms with Gasteiger partial charge in [0, 0.05) is 6.08 Å². The zero-order valence-electron chi connectivity index (χ0n) is 9.26. The molecule has 1 aliphatic rings. The minimum atomic E-state index is -0.902. The smallest absolute Gasteiger partial charge is 0.330 e. The first-order chi connectivity index (χ1) is 6.31. The molecule has 1 unspecified atom stereocenters. The van der Waals surface area contributed by atoms with Crippen LogP contribution in [0.15, 0.2) is 11.6 Å². The minimum absolute atomic E-state index is 0.174. The van der Waals surface area contributed by atoms with Gasteiger partial charge in [0.15, 0.2) is 0 Å². The van der Waals surface area contributed by atoms with Crippen LogP contribution in [0.1, 0.15) is 33.6 Å². The van der Waals surface area contributed by atoms with Crippen LogP contribution in [0, 0.1) is 5.41 Å². The van der Waals surface area contributed by atoms with Gasteiger partial charge in [0.25, 0.3) is 0 Å². The summed E-state index contributed by atoms with van der Waals surface area (Å²) in [6.07, 6.45) is 3.06.